The molecule has 0 amide bonds. The van der Waals surface area contributed by atoms with E-state index < -0.39 is 0 Å². The summed E-state index contributed by atoms with van der Waals surface area (Å²) in [5, 5.41) is 11.1. The second kappa shape index (κ2) is 6.07. The highest BCUT2D eigenvalue weighted by Crippen LogP contribution is 2.37. The Kier molecular flexibility index (Phi) is 3.75. The minimum atomic E-state index is 0.301. The lowest BCUT2D eigenvalue weighted by molar-refractivity contribution is 0.204. The van der Waals surface area contributed by atoms with Crippen LogP contribution in [-0.2, 0) is 0 Å². The number of hydrogen-bond donors (Lipinski definition) is 2. The van der Waals surface area contributed by atoms with Crippen molar-refractivity contribution < 1.29 is 4.74 Å². The number of ether oxygens (including phenoxy) is 1. The monoisotopic (exact) mass is 334 g/mol. The Labute approximate surface area is 145 Å². The van der Waals surface area contributed by atoms with Gasteiger partial charge in [-0.05, 0) is 43.0 Å². The molecule has 2 heterocycles. The third-order valence-electron chi connectivity index (χ3n) is 4.36. The van der Waals surface area contributed by atoms with E-state index in [1.54, 1.807) is 30.6 Å². The van der Waals surface area contributed by atoms with Crippen LogP contribution < -0.4 is 15.9 Å². The highest BCUT2D eigenvalue weighted by Gasteiger charge is 2.35. The van der Waals surface area contributed by atoms with Crippen LogP contribution in [0.5, 0.6) is 5.75 Å². The molecule has 1 aliphatic heterocycles. The summed E-state index contributed by atoms with van der Waals surface area (Å²) in [5.41, 5.74) is 10.8. The second-order valence-electron chi connectivity index (χ2n) is 6.32. The van der Waals surface area contributed by atoms with Gasteiger partial charge in [0.05, 0.1) is 41.3 Å². The van der Waals surface area contributed by atoms with Crippen molar-refractivity contribution in [3.8, 4) is 23.2 Å². The Morgan fingerprint density at radius 2 is 2.08 bits per heavy atom. The summed E-state index contributed by atoms with van der Waals surface area (Å²) < 4.78 is 6.12. The number of nitrogens with zero attached hydrogens (tertiary/aromatic N) is 4. The molecule has 1 aromatic heterocycles. The fourth-order valence-electron chi connectivity index (χ4n) is 2.84. The third-order valence-corrected chi connectivity index (χ3v) is 4.36. The summed E-state index contributed by atoms with van der Waals surface area (Å²) in [4.78, 5) is 8.53. The van der Waals surface area contributed by atoms with Gasteiger partial charge in [0.15, 0.2) is 5.82 Å². The molecular weight excluding hydrogens is 316 g/mol. The molecule has 25 heavy (non-hydrogen) atoms. The van der Waals surface area contributed by atoms with Crippen molar-refractivity contribution in [2.75, 3.05) is 12.8 Å². The maximum atomic E-state index is 9.21. The standard InChI is InChI=1S/C18H18N6O/c1-24-17(7-15(23-24)12-3-4-12)25-16-6-11(8-19)2-5-14(16)18-21-9-13(20)10-22-18/h2,5-7,9-10,12,15,23H,3-4,20H2,1H3. The van der Waals surface area contributed by atoms with Gasteiger partial charge in [-0.3, -0.25) is 5.01 Å². The van der Waals surface area contributed by atoms with E-state index in [0.717, 1.165) is 0 Å². The van der Waals surface area contributed by atoms with Crippen molar-refractivity contribution in [3.63, 3.8) is 0 Å². The quantitative estimate of drug-likeness (QED) is 0.882. The predicted molar refractivity (Wildman–Crippen MR) is 92.7 cm³/mol. The summed E-state index contributed by atoms with van der Waals surface area (Å²) in [6.07, 6.45) is 7.67. The topological polar surface area (TPSA) is 100 Å². The maximum Gasteiger partial charge on any atom is 0.207 e. The van der Waals surface area contributed by atoms with Gasteiger partial charge < -0.3 is 10.5 Å². The van der Waals surface area contributed by atoms with Crippen LogP contribution >= 0.6 is 0 Å². The average molecular weight is 334 g/mol. The highest BCUT2D eigenvalue weighted by molar-refractivity contribution is 5.66. The van der Waals surface area contributed by atoms with E-state index in [4.69, 9.17) is 10.5 Å². The average Bonchev–Trinajstić information content (AvgIpc) is 3.41. The van der Waals surface area contributed by atoms with Crippen LogP contribution in [0, 0.1) is 17.2 Å². The number of hydrogen-bond acceptors (Lipinski definition) is 7. The van der Waals surface area contributed by atoms with Gasteiger partial charge in [-0.15, -0.1) is 0 Å². The van der Waals surface area contributed by atoms with Crippen molar-refractivity contribution >= 4 is 5.69 Å². The van der Waals surface area contributed by atoms with Gasteiger partial charge in [0.2, 0.25) is 5.88 Å². The molecule has 0 bridgehead atoms. The molecule has 1 aromatic carbocycles. The summed E-state index contributed by atoms with van der Waals surface area (Å²) in [7, 11) is 1.92. The van der Waals surface area contributed by atoms with Gasteiger partial charge in [0.25, 0.3) is 0 Å². The number of aromatic nitrogens is 2. The van der Waals surface area contributed by atoms with E-state index in [9.17, 15) is 5.26 Å². The molecule has 1 fully saturated rings. The van der Waals surface area contributed by atoms with Crippen molar-refractivity contribution in [3.05, 3.63) is 48.1 Å². The zero-order valence-electron chi connectivity index (χ0n) is 13.8. The summed E-state index contributed by atoms with van der Waals surface area (Å²) in [5.74, 6) is 2.43. The van der Waals surface area contributed by atoms with Gasteiger partial charge >= 0.3 is 0 Å². The number of anilines is 1. The van der Waals surface area contributed by atoms with Crippen molar-refractivity contribution in [1.29, 1.82) is 5.26 Å². The van der Waals surface area contributed by atoms with Gasteiger partial charge in [-0.1, -0.05) is 0 Å². The van der Waals surface area contributed by atoms with Gasteiger partial charge in [-0.25, -0.2) is 15.4 Å². The minimum Gasteiger partial charge on any atom is -0.439 e. The molecule has 1 saturated carbocycles. The van der Waals surface area contributed by atoms with E-state index in [2.05, 4.69) is 27.5 Å². The van der Waals surface area contributed by atoms with Crippen molar-refractivity contribution in [2.24, 2.45) is 5.92 Å². The number of hydrazine groups is 1. The molecule has 7 nitrogen and oxygen atoms in total. The number of rotatable bonds is 4. The van der Waals surface area contributed by atoms with E-state index in [1.807, 2.05) is 12.1 Å². The molecule has 126 valence electrons. The lowest BCUT2D eigenvalue weighted by atomic mass is 10.1. The fraction of sp³-hybridized carbons (Fsp3) is 0.278. The van der Waals surface area contributed by atoms with Crippen LogP contribution in [0.3, 0.4) is 0 Å². The molecular formula is C18H18N6O. The predicted octanol–water partition coefficient (Wildman–Crippen LogP) is 2.05. The van der Waals surface area contributed by atoms with E-state index >= 15 is 0 Å². The first-order valence-corrected chi connectivity index (χ1v) is 8.15. The molecule has 2 aromatic rings. The molecule has 3 N–H and O–H groups in total. The number of nitrogens with two attached hydrogens (primary N) is 1. The first-order valence-electron chi connectivity index (χ1n) is 8.15. The van der Waals surface area contributed by atoms with Crippen LogP contribution in [0.2, 0.25) is 0 Å². The zero-order chi connectivity index (χ0) is 17.4. The Hall–Kier alpha value is -3.11. The van der Waals surface area contributed by atoms with Gasteiger partial charge in [0, 0.05) is 7.05 Å². The number of nitriles is 1. The number of nitrogen functional groups attached to an aromatic ring is 1. The molecule has 0 spiro atoms. The van der Waals surface area contributed by atoms with Gasteiger partial charge in [-0.2, -0.15) is 5.26 Å². The van der Waals surface area contributed by atoms with E-state index in [1.165, 1.54) is 12.8 Å². The number of nitrogens with one attached hydrogen (secondary N) is 1. The summed E-state index contributed by atoms with van der Waals surface area (Å²) in [6.45, 7) is 0. The Balaban J connectivity index is 1.68. The molecule has 1 atom stereocenters. The SMILES string of the molecule is CN1NC(C2CC2)C=C1Oc1cc(C#N)ccc1-c1ncc(N)cn1. The molecule has 0 radical (unpaired) electrons. The first-order chi connectivity index (χ1) is 12.1. The minimum absolute atomic E-state index is 0.301. The largest absolute Gasteiger partial charge is 0.439 e. The Morgan fingerprint density at radius 3 is 2.76 bits per heavy atom. The van der Waals surface area contributed by atoms with Crippen molar-refractivity contribution in [2.45, 2.75) is 18.9 Å². The smallest absolute Gasteiger partial charge is 0.207 e. The fourth-order valence-corrected chi connectivity index (χ4v) is 2.84. The number of benzene rings is 1. The van der Waals surface area contributed by atoms with Crippen LogP contribution in [0.15, 0.2) is 42.6 Å². The maximum absolute atomic E-state index is 9.21. The Morgan fingerprint density at radius 1 is 1.32 bits per heavy atom. The molecule has 2 aliphatic rings. The lowest BCUT2D eigenvalue weighted by Gasteiger charge is -2.19. The Bertz CT molecular complexity index is 866. The van der Waals surface area contributed by atoms with Crippen LogP contribution in [0.4, 0.5) is 5.69 Å². The first kappa shape index (κ1) is 15.4. The highest BCUT2D eigenvalue weighted by atomic mass is 16.5. The third kappa shape index (κ3) is 3.12. The molecule has 1 unspecified atom stereocenters. The lowest BCUT2D eigenvalue weighted by Crippen LogP contribution is -2.35. The van der Waals surface area contributed by atoms with Gasteiger partial charge in [0.1, 0.15) is 5.75 Å². The molecule has 1 aliphatic carbocycles. The van der Waals surface area contributed by atoms with Crippen LogP contribution in [0.25, 0.3) is 11.4 Å². The van der Waals surface area contributed by atoms with E-state index in [0.29, 0.717) is 46.2 Å². The molecule has 0 saturated heterocycles. The van der Waals surface area contributed by atoms with Crippen molar-refractivity contribution in [1.82, 2.24) is 20.4 Å². The van der Waals surface area contributed by atoms with E-state index in [-0.39, 0.29) is 0 Å². The molecule has 4 rings (SSSR count). The van der Waals surface area contributed by atoms with Crippen LogP contribution in [-0.4, -0.2) is 28.1 Å². The normalized spacial score (nSPS) is 19.4. The zero-order valence-corrected chi connectivity index (χ0v) is 13.8. The second-order valence-corrected chi connectivity index (χ2v) is 6.32. The molecule has 7 heteroatoms. The summed E-state index contributed by atoms with van der Waals surface area (Å²) in [6, 6.07) is 7.66. The van der Waals surface area contributed by atoms with Crippen LogP contribution in [0.1, 0.15) is 18.4 Å². The summed E-state index contributed by atoms with van der Waals surface area (Å²) >= 11 is 0.